The Hall–Kier alpha value is -1.31. The summed E-state index contributed by atoms with van der Waals surface area (Å²) in [6, 6.07) is 6.98. The van der Waals surface area contributed by atoms with Crippen LogP contribution in [0.25, 0.3) is 0 Å². The lowest BCUT2D eigenvalue weighted by Gasteiger charge is -2.37. The molecular weight excluding hydrogens is 414 g/mol. The van der Waals surface area contributed by atoms with Crippen molar-refractivity contribution in [1.29, 1.82) is 0 Å². The third kappa shape index (κ3) is 4.32. The summed E-state index contributed by atoms with van der Waals surface area (Å²) in [6.07, 6.45) is 0.799. The van der Waals surface area contributed by atoms with Crippen LogP contribution < -0.4 is 4.90 Å². The lowest BCUT2D eigenvalue weighted by atomic mass is 9.93. The monoisotopic (exact) mass is 439 g/mol. The Morgan fingerprint density at radius 3 is 2.35 bits per heavy atom. The zero-order valence-corrected chi connectivity index (χ0v) is 18.5. The lowest BCUT2D eigenvalue weighted by Crippen LogP contribution is -2.43. The number of hydrogen-bond donors (Lipinski definition) is 0. The van der Waals surface area contributed by atoms with Crippen LogP contribution in [0.2, 0.25) is 18.1 Å². The van der Waals surface area contributed by atoms with Gasteiger partial charge >= 0.3 is 0 Å². The van der Waals surface area contributed by atoms with Gasteiger partial charge in [-0.05, 0) is 42.4 Å². The Bertz CT molecular complexity index is 696. The maximum Gasteiger partial charge on any atom is 0.238 e. The van der Waals surface area contributed by atoms with Crippen LogP contribution in [0.3, 0.4) is 0 Å². The van der Waals surface area contributed by atoms with Crippen molar-refractivity contribution in [3.05, 3.63) is 28.7 Å². The quantitative estimate of drug-likeness (QED) is 0.379. The molecule has 142 valence electrons. The van der Waals surface area contributed by atoms with Gasteiger partial charge in [0.05, 0.1) is 11.6 Å². The molecule has 5 nitrogen and oxygen atoms in total. The van der Waals surface area contributed by atoms with Crippen molar-refractivity contribution in [2.24, 2.45) is 11.8 Å². The minimum absolute atomic E-state index is 0.0133. The van der Waals surface area contributed by atoms with E-state index >= 15 is 0 Å². The molecule has 2 rings (SSSR count). The molecule has 1 aromatic carbocycles. The van der Waals surface area contributed by atoms with Crippen molar-refractivity contribution in [3.8, 4) is 0 Å². The summed E-state index contributed by atoms with van der Waals surface area (Å²) in [6.45, 7) is 10.7. The van der Waals surface area contributed by atoms with Gasteiger partial charge in [-0.25, -0.2) is 0 Å². The van der Waals surface area contributed by atoms with Crippen molar-refractivity contribution in [2.45, 2.75) is 45.3 Å². The van der Waals surface area contributed by atoms with Gasteiger partial charge in [-0.1, -0.05) is 36.7 Å². The first-order valence-corrected chi connectivity index (χ1v) is 12.4. The molecule has 1 aromatic rings. The highest BCUT2D eigenvalue weighted by molar-refractivity contribution is 9.10. The number of anilines is 1. The molecule has 1 heterocycles. The molecule has 1 aliphatic rings. The van der Waals surface area contributed by atoms with Crippen molar-refractivity contribution in [2.75, 3.05) is 11.5 Å². The van der Waals surface area contributed by atoms with E-state index in [9.17, 15) is 14.4 Å². The minimum atomic E-state index is -2.04. The lowest BCUT2D eigenvalue weighted by molar-refractivity contribution is -0.126. The second kappa shape index (κ2) is 7.74. The molecule has 0 unspecified atom stereocenters. The fourth-order valence-corrected chi connectivity index (χ4v) is 3.93. The molecular formula is C19H26BrNO4Si. The van der Waals surface area contributed by atoms with Crippen LogP contribution in [-0.2, 0) is 18.8 Å². The Morgan fingerprint density at radius 1 is 1.27 bits per heavy atom. The first kappa shape index (κ1) is 21.0. The van der Waals surface area contributed by atoms with Crippen molar-refractivity contribution in [3.63, 3.8) is 0 Å². The summed E-state index contributed by atoms with van der Waals surface area (Å²) in [5.41, 5.74) is 0.528. The molecule has 0 spiro atoms. The number of carbonyl (C=O) groups excluding carboxylic acids is 3. The van der Waals surface area contributed by atoms with Gasteiger partial charge in [0.15, 0.2) is 8.32 Å². The molecule has 0 N–H and O–H groups in total. The number of amides is 2. The van der Waals surface area contributed by atoms with Crippen LogP contribution in [0.4, 0.5) is 5.69 Å². The number of hydrogen-bond acceptors (Lipinski definition) is 4. The first-order valence-electron chi connectivity index (χ1n) is 8.69. The number of halogens is 1. The largest absolute Gasteiger partial charge is 0.416 e. The highest BCUT2D eigenvalue weighted by Gasteiger charge is 2.45. The molecule has 7 heteroatoms. The van der Waals surface area contributed by atoms with Crippen LogP contribution >= 0.6 is 15.9 Å². The molecule has 26 heavy (non-hydrogen) atoms. The predicted molar refractivity (Wildman–Crippen MR) is 107 cm³/mol. The highest BCUT2D eigenvalue weighted by Crippen LogP contribution is 2.38. The van der Waals surface area contributed by atoms with Gasteiger partial charge in [-0.2, -0.15) is 0 Å². The molecule has 0 aromatic heterocycles. The Balaban J connectivity index is 2.14. The molecule has 0 saturated carbocycles. The molecule has 0 bridgehead atoms. The number of nitrogens with zero attached hydrogens (tertiary/aromatic N) is 1. The van der Waals surface area contributed by atoms with Gasteiger partial charge in [0.25, 0.3) is 0 Å². The summed E-state index contributed by atoms with van der Waals surface area (Å²) in [4.78, 5) is 38.0. The van der Waals surface area contributed by atoms with Crippen molar-refractivity contribution >= 4 is 48.0 Å². The van der Waals surface area contributed by atoms with E-state index in [2.05, 4.69) is 49.8 Å². The number of carbonyl (C=O) groups is 3. The summed E-state index contributed by atoms with van der Waals surface area (Å²) >= 11 is 3.34. The molecule has 2 amide bonds. The van der Waals surface area contributed by atoms with Gasteiger partial charge in [0.1, 0.15) is 6.29 Å². The predicted octanol–water partition coefficient (Wildman–Crippen LogP) is 4.17. The van der Waals surface area contributed by atoms with E-state index in [0.29, 0.717) is 5.69 Å². The van der Waals surface area contributed by atoms with Gasteiger partial charge in [-0.15, -0.1) is 0 Å². The number of imide groups is 1. The SMILES string of the molecule is CC(C)(C)[Si](C)(C)OC[C@@H](C=O)[C@@H]1CC(=O)N(c2ccc(Br)cc2)C1=O. The van der Waals surface area contributed by atoms with Crippen LogP contribution in [-0.4, -0.2) is 33.0 Å². The Kier molecular flexibility index (Phi) is 6.25. The fraction of sp³-hybridized carbons (Fsp3) is 0.526. The average Bonchev–Trinajstić information content (AvgIpc) is 2.83. The number of rotatable bonds is 6. The zero-order valence-electron chi connectivity index (χ0n) is 15.9. The van der Waals surface area contributed by atoms with E-state index in [4.69, 9.17) is 4.43 Å². The van der Waals surface area contributed by atoms with E-state index in [1.807, 2.05) is 0 Å². The average molecular weight is 440 g/mol. The number of aldehydes is 1. The van der Waals surface area contributed by atoms with Gasteiger partial charge in [0.2, 0.25) is 11.8 Å². The topological polar surface area (TPSA) is 63.7 Å². The van der Waals surface area contributed by atoms with Crippen LogP contribution in [0.15, 0.2) is 28.7 Å². The van der Waals surface area contributed by atoms with Crippen LogP contribution in [0.5, 0.6) is 0 Å². The molecule has 1 fully saturated rings. The van der Waals surface area contributed by atoms with Crippen molar-refractivity contribution in [1.82, 2.24) is 0 Å². The van der Waals surface area contributed by atoms with Gasteiger partial charge < -0.3 is 9.22 Å². The van der Waals surface area contributed by atoms with Gasteiger partial charge in [-0.3, -0.25) is 14.5 Å². The zero-order chi connectivity index (χ0) is 19.7. The molecule has 0 radical (unpaired) electrons. The van der Waals surface area contributed by atoms with Crippen LogP contribution in [0, 0.1) is 11.8 Å². The molecule has 0 aliphatic carbocycles. The maximum absolute atomic E-state index is 12.8. The summed E-state index contributed by atoms with van der Waals surface area (Å²) in [5.74, 6) is -1.87. The summed E-state index contributed by atoms with van der Waals surface area (Å²) < 4.78 is 6.99. The van der Waals surface area contributed by atoms with Crippen molar-refractivity contribution < 1.29 is 18.8 Å². The number of benzene rings is 1. The smallest absolute Gasteiger partial charge is 0.238 e. The third-order valence-electron chi connectivity index (χ3n) is 5.40. The standard InChI is InChI=1S/C19H26BrNO4Si/c1-19(2,3)26(4,5)25-12-13(11-22)16-10-17(23)21(18(16)24)15-8-6-14(20)7-9-15/h6-9,11,13,16H,10,12H2,1-5H3/t13-,16+/m1/s1. The first-order chi connectivity index (χ1) is 12.0. The van der Waals surface area contributed by atoms with E-state index in [0.717, 1.165) is 10.8 Å². The minimum Gasteiger partial charge on any atom is -0.416 e. The fourth-order valence-electron chi connectivity index (χ4n) is 2.62. The van der Waals surface area contributed by atoms with E-state index in [1.165, 1.54) is 4.90 Å². The van der Waals surface area contributed by atoms with Gasteiger partial charge in [0, 0.05) is 23.4 Å². The molecule has 1 saturated heterocycles. The van der Waals surface area contributed by atoms with E-state index in [1.54, 1.807) is 24.3 Å². The third-order valence-corrected chi connectivity index (χ3v) is 10.4. The van der Waals surface area contributed by atoms with Crippen LogP contribution in [0.1, 0.15) is 27.2 Å². The molecule has 1 aliphatic heterocycles. The Morgan fingerprint density at radius 2 is 1.85 bits per heavy atom. The molecule has 2 atom stereocenters. The van der Waals surface area contributed by atoms with E-state index < -0.39 is 20.2 Å². The summed E-state index contributed by atoms with van der Waals surface area (Å²) in [5, 5.41) is 0.0133. The Labute approximate surface area is 164 Å². The normalized spacial score (nSPS) is 19.8. The highest BCUT2D eigenvalue weighted by atomic mass is 79.9. The maximum atomic E-state index is 12.8. The second-order valence-electron chi connectivity index (χ2n) is 8.23. The summed E-state index contributed by atoms with van der Waals surface area (Å²) in [7, 11) is -2.04. The van der Waals surface area contributed by atoms with E-state index in [-0.39, 0.29) is 29.9 Å². The second-order valence-corrected chi connectivity index (χ2v) is 14.0.